The first-order valence-electron chi connectivity index (χ1n) is 7.41. The quantitative estimate of drug-likeness (QED) is 0.464. The largest absolute Gasteiger partial charge is 0.472 e. The van der Waals surface area contributed by atoms with E-state index < -0.39 is 39.0 Å². The van der Waals surface area contributed by atoms with Gasteiger partial charge in [-0.15, -0.1) is 0 Å². The van der Waals surface area contributed by atoms with Gasteiger partial charge in [0.25, 0.3) is 0 Å². The number of nitrogens with zero attached hydrogens (tertiary/aromatic N) is 4. The third-order valence-corrected chi connectivity index (χ3v) is 4.79. The number of aromatic nitrogens is 4. The molecule has 1 fully saturated rings. The van der Waals surface area contributed by atoms with Crippen molar-refractivity contribution < 1.29 is 33.5 Å². The van der Waals surface area contributed by atoms with Crippen molar-refractivity contribution in [1.82, 2.24) is 19.5 Å². The van der Waals surface area contributed by atoms with Crippen molar-refractivity contribution in [2.45, 2.75) is 31.5 Å². The molecule has 1 unspecified atom stereocenters. The lowest BCUT2D eigenvalue weighted by molar-refractivity contribution is -0.0511. The molecule has 2 aromatic rings. The minimum Gasteiger partial charge on any atom is -0.394 e. The summed E-state index contributed by atoms with van der Waals surface area (Å²) in [5.74, 6) is 0.152. The zero-order valence-corrected chi connectivity index (χ0v) is 14.1. The number of nitrogens with two attached hydrogens (primary N) is 1. The second-order valence-corrected chi connectivity index (χ2v) is 6.68. The topological polar surface area (TPSA) is 175 Å². The van der Waals surface area contributed by atoms with Gasteiger partial charge in [-0.3, -0.25) is 13.6 Å². The van der Waals surface area contributed by atoms with E-state index in [2.05, 4.69) is 19.5 Å². The van der Waals surface area contributed by atoms with Gasteiger partial charge in [0.1, 0.15) is 30.2 Å². The first-order valence-corrected chi connectivity index (χ1v) is 8.90. The molecule has 0 bridgehead atoms. The zero-order chi connectivity index (χ0) is 18.2. The highest BCUT2D eigenvalue weighted by Gasteiger charge is 2.49. The van der Waals surface area contributed by atoms with Gasteiger partial charge in [0.15, 0.2) is 17.7 Å². The van der Waals surface area contributed by atoms with Crippen LogP contribution in [0.3, 0.4) is 0 Å². The van der Waals surface area contributed by atoms with Crippen molar-refractivity contribution in [1.29, 1.82) is 0 Å². The molecular weight excluding hydrogens is 357 g/mol. The molecule has 1 aliphatic heterocycles. The lowest BCUT2D eigenvalue weighted by Gasteiger charge is -2.22. The average molecular weight is 375 g/mol. The highest BCUT2D eigenvalue weighted by Crippen LogP contribution is 2.48. The minimum absolute atomic E-state index is 0.0625. The number of fused-ring (bicyclic) bond motifs is 1. The van der Waals surface area contributed by atoms with E-state index >= 15 is 0 Å². The van der Waals surface area contributed by atoms with Gasteiger partial charge >= 0.3 is 7.82 Å². The van der Waals surface area contributed by atoms with E-state index in [-0.39, 0.29) is 12.4 Å². The third-order valence-electron chi connectivity index (χ3n) is 3.70. The minimum atomic E-state index is -4.41. The number of aliphatic hydroxyl groups excluding tert-OH is 2. The van der Waals surface area contributed by atoms with E-state index in [1.807, 2.05) is 0 Å². The Labute approximate surface area is 141 Å². The number of aliphatic hydroxyl groups is 2. The Balaban J connectivity index is 1.91. The molecule has 5 atom stereocenters. The smallest absolute Gasteiger partial charge is 0.394 e. The van der Waals surface area contributed by atoms with E-state index in [9.17, 15) is 19.7 Å². The van der Waals surface area contributed by atoms with Gasteiger partial charge in [-0.05, 0) is 6.92 Å². The molecule has 3 heterocycles. The molecule has 0 aliphatic carbocycles. The molecule has 12 nitrogen and oxygen atoms in total. The summed E-state index contributed by atoms with van der Waals surface area (Å²) in [5, 5.41) is 20.0. The fourth-order valence-electron chi connectivity index (χ4n) is 2.63. The van der Waals surface area contributed by atoms with Crippen LogP contribution < -0.4 is 5.73 Å². The van der Waals surface area contributed by atoms with Crippen LogP contribution in [-0.4, -0.2) is 66.2 Å². The second kappa shape index (κ2) is 6.92. The number of rotatable bonds is 6. The molecule has 0 aromatic carbocycles. The zero-order valence-electron chi connectivity index (χ0n) is 13.2. The van der Waals surface area contributed by atoms with Crippen molar-refractivity contribution in [3.8, 4) is 0 Å². The first kappa shape index (κ1) is 18.1. The van der Waals surface area contributed by atoms with E-state index in [4.69, 9.17) is 15.0 Å². The molecule has 3 rings (SSSR count). The van der Waals surface area contributed by atoms with Crippen LogP contribution in [0.4, 0.5) is 5.82 Å². The highest BCUT2D eigenvalue weighted by atomic mass is 31.2. The van der Waals surface area contributed by atoms with Crippen molar-refractivity contribution in [2.24, 2.45) is 0 Å². The Morgan fingerprint density at radius 3 is 2.88 bits per heavy atom. The predicted molar refractivity (Wildman–Crippen MR) is 83.1 cm³/mol. The number of anilines is 1. The van der Waals surface area contributed by atoms with Gasteiger partial charge < -0.3 is 25.6 Å². The molecule has 25 heavy (non-hydrogen) atoms. The maximum Gasteiger partial charge on any atom is 0.472 e. The van der Waals surface area contributed by atoms with Gasteiger partial charge in [-0.25, -0.2) is 19.5 Å². The van der Waals surface area contributed by atoms with E-state index in [1.54, 1.807) is 0 Å². The summed E-state index contributed by atoms with van der Waals surface area (Å²) in [6.07, 6.45) is -2.26. The first-order chi connectivity index (χ1) is 11.9. The molecule has 0 amide bonds. The van der Waals surface area contributed by atoms with Crippen LogP contribution in [0.5, 0.6) is 0 Å². The third kappa shape index (κ3) is 3.37. The Hall–Kier alpha value is -1.66. The van der Waals surface area contributed by atoms with Gasteiger partial charge in [-0.2, -0.15) is 0 Å². The number of nitrogen functional groups attached to an aromatic ring is 1. The second-order valence-electron chi connectivity index (χ2n) is 5.28. The van der Waals surface area contributed by atoms with Gasteiger partial charge in [0, 0.05) is 0 Å². The summed E-state index contributed by atoms with van der Waals surface area (Å²) < 4.78 is 28.4. The van der Waals surface area contributed by atoms with E-state index in [0.717, 1.165) is 0 Å². The summed E-state index contributed by atoms with van der Waals surface area (Å²) in [6, 6.07) is 0. The fraction of sp³-hybridized carbons (Fsp3) is 0.583. The Kier molecular flexibility index (Phi) is 5.02. The van der Waals surface area contributed by atoms with Crippen molar-refractivity contribution in [2.75, 3.05) is 18.9 Å². The van der Waals surface area contributed by atoms with Crippen LogP contribution in [0.15, 0.2) is 12.7 Å². The van der Waals surface area contributed by atoms with Crippen LogP contribution >= 0.6 is 7.82 Å². The molecular formula is C12H18N5O7P. The predicted octanol–water partition coefficient (Wildman–Crippen LogP) is -0.819. The summed E-state index contributed by atoms with van der Waals surface area (Å²) in [6.45, 7) is 0.906. The normalized spacial score (nSPS) is 29.1. The highest BCUT2D eigenvalue weighted by molar-refractivity contribution is 7.47. The summed E-state index contributed by atoms with van der Waals surface area (Å²) >= 11 is 0. The molecule has 1 aliphatic rings. The number of ether oxygens (including phenoxy) is 1. The van der Waals surface area contributed by atoms with Crippen molar-refractivity contribution >= 4 is 24.8 Å². The monoisotopic (exact) mass is 375 g/mol. The molecule has 1 saturated heterocycles. The number of hydrogen-bond acceptors (Lipinski definition) is 10. The summed E-state index contributed by atoms with van der Waals surface area (Å²) in [7, 11) is -4.41. The molecule has 2 aromatic heterocycles. The molecule has 13 heteroatoms. The summed E-state index contributed by atoms with van der Waals surface area (Å²) in [5.41, 5.74) is 6.33. The molecule has 0 radical (unpaired) electrons. The molecule has 0 saturated carbocycles. The average Bonchev–Trinajstić information content (AvgIpc) is 3.10. The van der Waals surface area contributed by atoms with Crippen LogP contribution in [-0.2, 0) is 18.3 Å². The molecule has 138 valence electrons. The number of imidazole rings is 1. The Bertz CT molecular complexity index is 801. The van der Waals surface area contributed by atoms with E-state index in [1.165, 1.54) is 24.1 Å². The standard InChI is InChI=1S/C12H18N5O7P/c1-2-22-25(20,21)24-9-6(3-18)23-12(8(9)19)17-5-16-7-10(13)14-4-15-11(7)17/h4-6,8-9,12,18-19H,2-3H2,1H3,(H,20,21)(H2,13,14,15)/t6-,8-,9-,12-/m1/s1. The molecule has 0 spiro atoms. The SMILES string of the molecule is CCOP(=O)(O)O[C@H]1[C@@H](O)[C@H](n2cnc3c(N)ncnc32)O[C@@H]1CO. The molecule has 5 N–H and O–H groups in total. The lowest BCUT2D eigenvalue weighted by atomic mass is 10.1. The van der Waals surface area contributed by atoms with Crippen molar-refractivity contribution in [3.63, 3.8) is 0 Å². The number of hydrogen-bond donors (Lipinski definition) is 4. The Morgan fingerprint density at radius 2 is 2.20 bits per heavy atom. The van der Waals surface area contributed by atoms with Crippen molar-refractivity contribution in [3.05, 3.63) is 12.7 Å². The number of phosphoric ester groups is 1. The maximum atomic E-state index is 11.8. The van der Waals surface area contributed by atoms with Crippen LogP contribution in [0.25, 0.3) is 11.2 Å². The van der Waals surface area contributed by atoms with Crippen LogP contribution in [0.2, 0.25) is 0 Å². The lowest BCUT2D eigenvalue weighted by Crippen LogP contribution is -2.35. The van der Waals surface area contributed by atoms with Gasteiger partial charge in [0.05, 0.1) is 19.5 Å². The van der Waals surface area contributed by atoms with Crippen LogP contribution in [0, 0.1) is 0 Å². The van der Waals surface area contributed by atoms with Gasteiger partial charge in [-0.1, -0.05) is 0 Å². The fourth-order valence-corrected chi connectivity index (χ4v) is 3.59. The van der Waals surface area contributed by atoms with E-state index in [0.29, 0.717) is 11.2 Å². The summed E-state index contributed by atoms with van der Waals surface area (Å²) in [4.78, 5) is 21.6. The van der Waals surface area contributed by atoms with Crippen LogP contribution in [0.1, 0.15) is 13.2 Å². The maximum absolute atomic E-state index is 11.8. The number of phosphoric acid groups is 1. The van der Waals surface area contributed by atoms with Gasteiger partial charge in [0.2, 0.25) is 0 Å². The Morgan fingerprint density at radius 1 is 1.44 bits per heavy atom.